The summed E-state index contributed by atoms with van der Waals surface area (Å²) in [6.45, 7) is 1.49. The molecule has 2 aromatic carbocycles. The summed E-state index contributed by atoms with van der Waals surface area (Å²) in [5, 5.41) is 43.9. The van der Waals surface area contributed by atoms with Gasteiger partial charge in [0.2, 0.25) is 0 Å². The van der Waals surface area contributed by atoms with E-state index in [4.69, 9.17) is 21.1 Å². The van der Waals surface area contributed by atoms with Gasteiger partial charge in [-0.15, -0.1) is 0 Å². The van der Waals surface area contributed by atoms with Gasteiger partial charge in [0.25, 0.3) is 0 Å². The van der Waals surface area contributed by atoms with Crippen LogP contribution in [0.25, 0.3) is 0 Å². The van der Waals surface area contributed by atoms with Gasteiger partial charge in [0.15, 0.2) is 0 Å². The van der Waals surface area contributed by atoms with Gasteiger partial charge in [-0.25, -0.2) is 0 Å². The van der Waals surface area contributed by atoms with Crippen molar-refractivity contribution in [3.63, 3.8) is 0 Å². The zero-order chi connectivity index (χ0) is 22.7. The van der Waals surface area contributed by atoms with Gasteiger partial charge in [-0.1, -0.05) is 35.9 Å². The maximum atomic E-state index is 10.4. The number of ether oxygens (including phenoxy) is 2. The third-order valence-corrected chi connectivity index (χ3v) is 6.57. The van der Waals surface area contributed by atoms with Crippen molar-refractivity contribution in [3.05, 3.63) is 64.2 Å². The van der Waals surface area contributed by atoms with Gasteiger partial charge in [0, 0.05) is 5.02 Å². The van der Waals surface area contributed by atoms with Gasteiger partial charge in [0.1, 0.15) is 42.4 Å². The number of piperidine rings is 1. The highest BCUT2D eigenvalue weighted by Crippen LogP contribution is 2.34. The minimum absolute atomic E-state index is 0.242. The van der Waals surface area contributed by atoms with Crippen LogP contribution >= 0.6 is 11.6 Å². The normalized spacial score (nSPS) is 29.1. The zero-order valence-electron chi connectivity index (χ0n) is 17.7. The van der Waals surface area contributed by atoms with Crippen molar-refractivity contribution in [2.24, 2.45) is 0 Å². The summed E-state index contributed by atoms with van der Waals surface area (Å²) in [5.74, 6) is 0.849. The molecule has 0 radical (unpaired) electrons. The topological polar surface area (TPSA) is 111 Å². The van der Waals surface area contributed by atoms with E-state index in [-0.39, 0.29) is 6.10 Å². The average Bonchev–Trinajstić information content (AvgIpc) is 2.81. The summed E-state index contributed by atoms with van der Waals surface area (Å²) < 4.78 is 11.7. The first-order chi connectivity index (χ1) is 15.5. The van der Waals surface area contributed by atoms with Gasteiger partial charge >= 0.3 is 0 Å². The fraction of sp³-hybridized carbons (Fsp3) is 0.500. The van der Waals surface area contributed by atoms with Crippen LogP contribution in [-0.2, 0) is 11.2 Å². The van der Waals surface area contributed by atoms with Crippen LogP contribution < -0.4 is 10.1 Å². The molecule has 0 spiro atoms. The third-order valence-electron chi connectivity index (χ3n) is 6.20. The lowest BCUT2D eigenvalue weighted by atomic mass is 9.90. The van der Waals surface area contributed by atoms with Gasteiger partial charge in [0.05, 0.1) is 6.61 Å². The molecule has 0 saturated carbocycles. The summed E-state index contributed by atoms with van der Waals surface area (Å²) in [6.07, 6.45) is -3.16. The van der Waals surface area contributed by atoms with E-state index < -0.39 is 37.1 Å². The van der Waals surface area contributed by atoms with E-state index in [2.05, 4.69) is 5.32 Å². The Morgan fingerprint density at radius 2 is 1.69 bits per heavy atom. The summed E-state index contributed by atoms with van der Waals surface area (Å²) in [7, 11) is 0. The number of rotatable bonds is 6. The molecule has 5 atom stereocenters. The summed E-state index contributed by atoms with van der Waals surface area (Å²) in [5.41, 5.74) is 2.51. The Kier molecular flexibility index (Phi) is 7.68. The Morgan fingerprint density at radius 3 is 2.38 bits per heavy atom. The van der Waals surface area contributed by atoms with Crippen LogP contribution in [0.3, 0.4) is 0 Å². The number of hydrogen-bond acceptors (Lipinski definition) is 7. The second-order valence-electron chi connectivity index (χ2n) is 8.49. The molecule has 8 heteroatoms. The lowest BCUT2D eigenvalue weighted by Gasteiger charge is -2.40. The fourth-order valence-electron chi connectivity index (χ4n) is 4.30. The molecule has 2 heterocycles. The molecule has 32 heavy (non-hydrogen) atoms. The van der Waals surface area contributed by atoms with Crippen LogP contribution in [0.1, 0.15) is 35.6 Å². The molecule has 0 amide bonds. The Morgan fingerprint density at radius 1 is 0.969 bits per heavy atom. The molecule has 0 aromatic heterocycles. The number of hydrogen-bond donors (Lipinski definition) is 5. The standard InChI is InChI=1S/C24H30ClNO6/c25-19-6-3-15(24-23(30)22(29)21(28)20(13-27)32-24)12-16(19)11-14-1-4-17(5-2-14)31-18-7-9-26-10-8-18/h1-6,12,18,20-24,26-30H,7-11,13H2/t20?,21-,22+,23-,24+/m1/s1. The molecule has 7 nitrogen and oxygen atoms in total. The van der Waals surface area contributed by atoms with E-state index in [1.54, 1.807) is 12.1 Å². The van der Waals surface area contributed by atoms with Crippen molar-refractivity contribution < 1.29 is 29.9 Å². The number of benzene rings is 2. The second kappa shape index (κ2) is 10.5. The van der Waals surface area contributed by atoms with Crippen LogP contribution in [0, 0.1) is 0 Å². The van der Waals surface area contributed by atoms with E-state index in [1.807, 2.05) is 30.3 Å². The molecule has 2 aliphatic rings. The number of halogens is 1. The Labute approximate surface area is 192 Å². The van der Waals surface area contributed by atoms with E-state index in [0.717, 1.165) is 42.8 Å². The lowest BCUT2D eigenvalue weighted by Crippen LogP contribution is -2.55. The first kappa shape index (κ1) is 23.4. The van der Waals surface area contributed by atoms with Crippen molar-refractivity contribution in [1.82, 2.24) is 5.32 Å². The predicted octanol–water partition coefficient (Wildman–Crippen LogP) is 1.58. The van der Waals surface area contributed by atoms with Crippen molar-refractivity contribution in [1.29, 1.82) is 0 Å². The van der Waals surface area contributed by atoms with Crippen molar-refractivity contribution in [2.75, 3.05) is 19.7 Å². The smallest absolute Gasteiger partial charge is 0.119 e. The zero-order valence-corrected chi connectivity index (χ0v) is 18.5. The van der Waals surface area contributed by atoms with E-state index >= 15 is 0 Å². The number of aliphatic hydroxyl groups excluding tert-OH is 4. The van der Waals surface area contributed by atoms with Gasteiger partial charge < -0.3 is 35.2 Å². The van der Waals surface area contributed by atoms with E-state index in [0.29, 0.717) is 17.0 Å². The highest BCUT2D eigenvalue weighted by molar-refractivity contribution is 6.31. The first-order valence-electron chi connectivity index (χ1n) is 11.0. The maximum Gasteiger partial charge on any atom is 0.119 e. The molecular weight excluding hydrogens is 434 g/mol. The van der Waals surface area contributed by atoms with Crippen molar-refractivity contribution >= 4 is 11.6 Å². The van der Waals surface area contributed by atoms with Crippen LogP contribution in [0.2, 0.25) is 5.02 Å². The highest BCUT2D eigenvalue weighted by atomic mass is 35.5. The second-order valence-corrected chi connectivity index (χ2v) is 8.90. The summed E-state index contributed by atoms with van der Waals surface area (Å²) >= 11 is 6.43. The van der Waals surface area contributed by atoms with Crippen molar-refractivity contribution in [2.45, 2.75) is 55.9 Å². The van der Waals surface area contributed by atoms with Gasteiger partial charge in [-0.3, -0.25) is 0 Å². The average molecular weight is 464 g/mol. The number of nitrogens with one attached hydrogen (secondary N) is 1. The largest absolute Gasteiger partial charge is 0.490 e. The predicted molar refractivity (Wildman–Crippen MR) is 120 cm³/mol. The highest BCUT2D eigenvalue weighted by Gasteiger charge is 2.44. The Balaban J connectivity index is 1.47. The molecule has 2 aliphatic heterocycles. The molecule has 1 unspecified atom stereocenters. The van der Waals surface area contributed by atoms with Crippen LogP contribution in [0.5, 0.6) is 5.75 Å². The van der Waals surface area contributed by atoms with E-state index in [9.17, 15) is 20.4 Å². The molecular formula is C24H30ClNO6. The Bertz CT molecular complexity index is 887. The van der Waals surface area contributed by atoms with Crippen LogP contribution in [0.4, 0.5) is 0 Å². The molecule has 2 aromatic rings. The number of aliphatic hydroxyl groups is 4. The molecule has 0 bridgehead atoms. The van der Waals surface area contributed by atoms with Crippen LogP contribution in [-0.4, -0.2) is 70.6 Å². The maximum absolute atomic E-state index is 10.4. The fourth-order valence-corrected chi connectivity index (χ4v) is 4.48. The first-order valence-corrected chi connectivity index (χ1v) is 11.4. The van der Waals surface area contributed by atoms with Crippen LogP contribution in [0.15, 0.2) is 42.5 Å². The summed E-state index contributed by atoms with van der Waals surface area (Å²) in [4.78, 5) is 0. The van der Waals surface area contributed by atoms with Crippen molar-refractivity contribution in [3.8, 4) is 5.75 Å². The lowest BCUT2D eigenvalue weighted by molar-refractivity contribution is -0.231. The SMILES string of the molecule is OCC1O[C@@H](c2ccc(Cl)c(Cc3ccc(OC4CCNCC4)cc3)c2)[C@H](O)[C@@H](O)[C@@H]1O. The molecule has 2 saturated heterocycles. The van der Waals surface area contributed by atoms with Gasteiger partial charge in [-0.2, -0.15) is 0 Å². The molecule has 5 N–H and O–H groups in total. The quantitative estimate of drug-likeness (QED) is 0.442. The third kappa shape index (κ3) is 5.26. The minimum Gasteiger partial charge on any atom is -0.490 e. The molecule has 0 aliphatic carbocycles. The van der Waals surface area contributed by atoms with E-state index in [1.165, 1.54) is 0 Å². The summed E-state index contributed by atoms with van der Waals surface area (Å²) in [6, 6.07) is 13.2. The Hall–Kier alpha value is -1.71. The molecule has 2 fully saturated rings. The molecule has 4 rings (SSSR count). The van der Waals surface area contributed by atoms with Gasteiger partial charge in [-0.05, 0) is 67.2 Å². The molecule has 174 valence electrons. The minimum atomic E-state index is -1.42. The monoisotopic (exact) mass is 463 g/mol.